The van der Waals surface area contributed by atoms with E-state index in [4.69, 9.17) is 5.73 Å². The number of nitrogens with zero attached hydrogens (tertiary/aromatic N) is 4. The smallest absolute Gasteiger partial charge is 0.268 e. The fourth-order valence-electron chi connectivity index (χ4n) is 2.75. The zero-order valence-corrected chi connectivity index (χ0v) is 13.0. The van der Waals surface area contributed by atoms with Crippen molar-refractivity contribution in [1.29, 1.82) is 0 Å². The Hall–Kier alpha value is -3.49. The van der Waals surface area contributed by atoms with Crippen LogP contribution in [0.4, 0.5) is 14.6 Å². The first kappa shape index (κ1) is 15.1. The number of nitrogens with one attached hydrogen (secondary N) is 1. The molecule has 4 aromatic rings. The number of aryl methyl sites for hydroxylation is 1. The molecular weight excluding hydrogens is 330 g/mol. The minimum absolute atomic E-state index is 0.0247. The van der Waals surface area contributed by atoms with Crippen LogP contribution in [0.2, 0.25) is 0 Å². The molecule has 0 fully saturated rings. The minimum Gasteiger partial charge on any atom is -0.382 e. The van der Waals surface area contributed by atoms with Crippen LogP contribution in [-0.4, -0.2) is 24.5 Å². The van der Waals surface area contributed by atoms with Crippen molar-refractivity contribution in [2.45, 2.75) is 0 Å². The number of H-pyrrole nitrogens is 1. The van der Waals surface area contributed by atoms with Gasteiger partial charge >= 0.3 is 0 Å². The van der Waals surface area contributed by atoms with Crippen molar-refractivity contribution in [1.82, 2.24) is 24.5 Å². The summed E-state index contributed by atoms with van der Waals surface area (Å²) >= 11 is 0. The van der Waals surface area contributed by atoms with E-state index in [1.807, 2.05) is 0 Å². The van der Waals surface area contributed by atoms with Gasteiger partial charge in [-0.25, -0.2) is 8.78 Å². The molecule has 9 heteroatoms. The molecule has 0 saturated carbocycles. The maximum atomic E-state index is 14.2. The molecule has 0 radical (unpaired) electrons. The highest BCUT2D eigenvalue weighted by Gasteiger charge is 2.20. The molecule has 1 aromatic carbocycles. The number of hydrogen-bond donors (Lipinski definition) is 2. The molecule has 25 heavy (non-hydrogen) atoms. The third-order valence-electron chi connectivity index (χ3n) is 3.93. The van der Waals surface area contributed by atoms with Crippen LogP contribution < -0.4 is 11.3 Å². The van der Waals surface area contributed by atoms with Gasteiger partial charge in [0.25, 0.3) is 5.56 Å². The molecule has 0 amide bonds. The Kier molecular flexibility index (Phi) is 3.17. The van der Waals surface area contributed by atoms with Gasteiger partial charge in [0.2, 0.25) is 0 Å². The first-order valence-corrected chi connectivity index (χ1v) is 7.31. The molecule has 0 aliphatic carbocycles. The van der Waals surface area contributed by atoms with Crippen LogP contribution >= 0.6 is 0 Å². The van der Waals surface area contributed by atoms with Crippen molar-refractivity contribution >= 4 is 16.7 Å². The van der Waals surface area contributed by atoms with E-state index in [2.05, 4.69) is 15.3 Å². The molecule has 7 nitrogen and oxygen atoms in total. The van der Waals surface area contributed by atoms with Gasteiger partial charge in [-0.1, -0.05) is 6.07 Å². The van der Waals surface area contributed by atoms with E-state index in [1.165, 1.54) is 18.3 Å². The number of nitrogens with two attached hydrogens (primary N) is 1. The number of rotatable bonds is 2. The largest absolute Gasteiger partial charge is 0.382 e. The third kappa shape index (κ3) is 2.20. The number of aromatic nitrogens is 5. The second-order valence-corrected chi connectivity index (χ2v) is 5.52. The Balaban J connectivity index is 2.12. The number of benzene rings is 1. The highest BCUT2D eigenvalue weighted by molar-refractivity contribution is 5.97. The molecular formula is C16H12F2N6O. The lowest BCUT2D eigenvalue weighted by Crippen LogP contribution is -2.20. The van der Waals surface area contributed by atoms with Crippen LogP contribution in [0.5, 0.6) is 0 Å². The molecule has 0 aliphatic heterocycles. The zero-order chi connectivity index (χ0) is 17.7. The van der Waals surface area contributed by atoms with Crippen molar-refractivity contribution in [3.05, 3.63) is 58.6 Å². The lowest BCUT2D eigenvalue weighted by Gasteiger charge is -2.10. The monoisotopic (exact) mass is 342 g/mol. The Bertz CT molecular complexity index is 1170. The van der Waals surface area contributed by atoms with Gasteiger partial charge in [-0.3, -0.25) is 19.1 Å². The SMILES string of the molecule is Cn1ccc(-c2cn(-c3cccc(F)c3F)c(=O)c3c(N)n[nH]c23)n1. The van der Waals surface area contributed by atoms with Gasteiger partial charge in [-0.05, 0) is 18.2 Å². The summed E-state index contributed by atoms with van der Waals surface area (Å²) in [6.07, 6.45) is 3.11. The van der Waals surface area contributed by atoms with E-state index in [-0.39, 0.29) is 16.9 Å². The van der Waals surface area contributed by atoms with Gasteiger partial charge in [-0.2, -0.15) is 10.2 Å². The summed E-state index contributed by atoms with van der Waals surface area (Å²) in [7, 11) is 1.74. The van der Waals surface area contributed by atoms with Crippen LogP contribution in [0.25, 0.3) is 27.8 Å². The minimum atomic E-state index is -1.13. The second-order valence-electron chi connectivity index (χ2n) is 5.52. The average molecular weight is 342 g/mol. The summed E-state index contributed by atoms with van der Waals surface area (Å²) in [4.78, 5) is 12.8. The van der Waals surface area contributed by atoms with E-state index >= 15 is 0 Å². The normalized spacial score (nSPS) is 11.3. The highest BCUT2D eigenvalue weighted by atomic mass is 19.2. The average Bonchev–Trinajstić information content (AvgIpc) is 3.18. The first-order valence-electron chi connectivity index (χ1n) is 7.31. The molecule has 0 aliphatic rings. The molecule has 4 rings (SSSR count). The zero-order valence-electron chi connectivity index (χ0n) is 13.0. The number of anilines is 1. The van der Waals surface area contributed by atoms with Gasteiger partial charge in [0.1, 0.15) is 5.39 Å². The van der Waals surface area contributed by atoms with Crippen molar-refractivity contribution < 1.29 is 8.78 Å². The van der Waals surface area contributed by atoms with Crippen molar-refractivity contribution in [3.8, 4) is 16.9 Å². The summed E-state index contributed by atoms with van der Waals surface area (Å²) in [5.74, 6) is -2.20. The molecule has 3 aromatic heterocycles. The van der Waals surface area contributed by atoms with E-state index < -0.39 is 17.2 Å². The van der Waals surface area contributed by atoms with E-state index in [9.17, 15) is 13.6 Å². The summed E-state index contributed by atoms with van der Waals surface area (Å²) in [5.41, 5.74) is 6.37. The van der Waals surface area contributed by atoms with Crippen LogP contribution in [0.15, 0.2) is 41.5 Å². The van der Waals surface area contributed by atoms with E-state index in [0.717, 1.165) is 10.6 Å². The van der Waals surface area contributed by atoms with Crippen LogP contribution in [0.3, 0.4) is 0 Å². The quantitative estimate of drug-likeness (QED) is 0.582. The number of fused-ring (bicyclic) bond motifs is 1. The molecule has 0 spiro atoms. The fourth-order valence-corrected chi connectivity index (χ4v) is 2.75. The van der Waals surface area contributed by atoms with Gasteiger partial charge in [0.15, 0.2) is 17.5 Å². The Morgan fingerprint density at radius 2 is 2.04 bits per heavy atom. The van der Waals surface area contributed by atoms with Gasteiger partial charge in [0, 0.05) is 25.0 Å². The Labute approximate surface area is 139 Å². The van der Waals surface area contributed by atoms with Gasteiger partial charge < -0.3 is 5.73 Å². The first-order chi connectivity index (χ1) is 12.0. The fraction of sp³-hybridized carbons (Fsp3) is 0.0625. The van der Waals surface area contributed by atoms with Crippen molar-refractivity contribution in [3.63, 3.8) is 0 Å². The number of hydrogen-bond acceptors (Lipinski definition) is 4. The Morgan fingerprint density at radius 1 is 1.24 bits per heavy atom. The topological polar surface area (TPSA) is 94.5 Å². The number of aromatic amines is 1. The highest BCUT2D eigenvalue weighted by Crippen LogP contribution is 2.28. The number of halogens is 2. The maximum absolute atomic E-state index is 14.2. The predicted octanol–water partition coefficient (Wildman–Crippen LogP) is 1.97. The molecule has 126 valence electrons. The van der Waals surface area contributed by atoms with E-state index in [0.29, 0.717) is 16.8 Å². The van der Waals surface area contributed by atoms with Crippen LogP contribution in [-0.2, 0) is 7.05 Å². The molecule has 3 N–H and O–H groups in total. The summed E-state index contributed by atoms with van der Waals surface area (Å²) < 4.78 is 30.4. The molecule has 0 saturated heterocycles. The molecule has 0 bridgehead atoms. The molecule has 3 heterocycles. The third-order valence-corrected chi connectivity index (χ3v) is 3.93. The van der Waals surface area contributed by atoms with Crippen molar-refractivity contribution in [2.75, 3.05) is 5.73 Å². The Morgan fingerprint density at radius 3 is 2.76 bits per heavy atom. The van der Waals surface area contributed by atoms with Crippen LogP contribution in [0, 0.1) is 11.6 Å². The maximum Gasteiger partial charge on any atom is 0.268 e. The lowest BCUT2D eigenvalue weighted by atomic mass is 10.1. The van der Waals surface area contributed by atoms with Crippen LogP contribution in [0.1, 0.15) is 0 Å². The summed E-state index contributed by atoms with van der Waals surface area (Å²) in [6, 6.07) is 5.34. The van der Waals surface area contributed by atoms with E-state index in [1.54, 1.807) is 24.0 Å². The number of pyridine rings is 1. The molecule has 0 unspecified atom stereocenters. The summed E-state index contributed by atoms with van der Waals surface area (Å²) in [5, 5.41) is 10.9. The van der Waals surface area contributed by atoms with Crippen molar-refractivity contribution in [2.24, 2.45) is 7.05 Å². The lowest BCUT2D eigenvalue weighted by molar-refractivity contribution is 0.503. The van der Waals surface area contributed by atoms with Gasteiger partial charge in [-0.15, -0.1) is 0 Å². The van der Waals surface area contributed by atoms with Gasteiger partial charge in [0.05, 0.1) is 16.9 Å². The molecule has 0 atom stereocenters. The number of nitrogen functional groups attached to an aromatic ring is 1. The standard InChI is InChI=1S/C16H12F2N6O/c1-23-6-5-10(22-23)8-7-24(11-4-2-3-9(17)13(11)18)16(25)12-14(8)20-21-15(12)19/h2-7H,1H3,(H3,19,20,21). The predicted molar refractivity (Wildman–Crippen MR) is 88.2 cm³/mol. The summed E-state index contributed by atoms with van der Waals surface area (Å²) in [6.45, 7) is 0. The second kappa shape index (κ2) is 5.26.